The van der Waals surface area contributed by atoms with Gasteiger partial charge in [-0.3, -0.25) is 9.59 Å². The molecule has 1 saturated heterocycles. The molecule has 5 rings (SSSR count). The number of carbonyl (C=O) groups is 2. The first-order valence-corrected chi connectivity index (χ1v) is 10.7. The van der Waals surface area contributed by atoms with Gasteiger partial charge >= 0.3 is 0 Å². The van der Waals surface area contributed by atoms with Gasteiger partial charge in [0.2, 0.25) is 11.8 Å². The monoisotopic (exact) mass is 350 g/mol. The highest BCUT2D eigenvalue weighted by Crippen LogP contribution is 2.57. The number of hydrogen-bond donors (Lipinski definition) is 1. The molecule has 4 saturated carbocycles. The van der Waals surface area contributed by atoms with Crippen LogP contribution in [0.1, 0.15) is 52.9 Å². The molecule has 0 spiro atoms. The number of rotatable bonds is 2. The molecule has 4 nitrogen and oxygen atoms in total. The maximum atomic E-state index is 13.3. The third-order valence-corrected chi connectivity index (χ3v) is 7.49. The van der Waals surface area contributed by atoms with Crippen molar-refractivity contribution in [1.29, 1.82) is 0 Å². The van der Waals surface area contributed by atoms with Gasteiger partial charge in [-0.2, -0.15) is 0 Å². The molecule has 1 aliphatic heterocycles. The smallest absolute Gasteiger partial charge is 0.244 e. The van der Waals surface area contributed by atoms with Crippen molar-refractivity contribution in [2.75, 3.05) is 11.6 Å². The lowest BCUT2D eigenvalue weighted by Crippen LogP contribution is -2.56. The summed E-state index contributed by atoms with van der Waals surface area (Å²) in [5.74, 6) is 4.85. The third-order valence-electron chi connectivity index (χ3n) is 6.48. The van der Waals surface area contributed by atoms with Crippen molar-refractivity contribution in [3.05, 3.63) is 0 Å². The predicted molar refractivity (Wildman–Crippen MR) is 96.4 cm³/mol. The normalized spacial score (nSPS) is 40.9. The first kappa shape index (κ1) is 16.7. The quantitative estimate of drug-likeness (QED) is 0.833. The molecule has 0 radical (unpaired) electrons. The summed E-state index contributed by atoms with van der Waals surface area (Å²) < 4.78 is 0. The van der Waals surface area contributed by atoms with E-state index in [1.165, 1.54) is 32.1 Å². The van der Waals surface area contributed by atoms with Crippen LogP contribution < -0.4 is 5.32 Å². The largest absolute Gasteiger partial charge is 0.350 e. The summed E-state index contributed by atoms with van der Waals surface area (Å²) >= 11 is 1.72. The van der Waals surface area contributed by atoms with Crippen molar-refractivity contribution in [3.8, 4) is 0 Å². The minimum atomic E-state index is -0.279. The highest BCUT2D eigenvalue weighted by Gasteiger charge is 2.53. The summed E-state index contributed by atoms with van der Waals surface area (Å²) in [5.41, 5.74) is -0.248. The third kappa shape index (κ3) is 2.97. The van der Waals surface area contributed by atoms with Gasteiger partial charge in [-0.15, -0.1) is 11.8 Å². The topological polar surface area (TPSA) is 49.4 Å². The van der Waals surface area contributed by atoms with Crippen molar-refractivity contribution < 1.29 is 9.59 Å². The SMILES string of the molecule is CC(C)(C)NC(=O)C1CSCN1C(=O)C1C2CC3CC(C2)CC1C3. The van der Waals surface area contributed by atoms with E-state index in [4.69, 9.17) is 0 Å². The first-order chi connectivity index (χ1) is 11.3. The summed E-state index contributed by atoms with van der Waals surface area (Å²) in [6, 6.07) is -0.279. The van der Waals surface area contributed by atoms with Crippen molar-refractivity contribution in [2.45, 2.75) is 64.5 Å². The van der Waals surface area contributed by atoms with E-state index < -0.39 is 0 Å². The lowest BCUT2D eigenvalue weighted by atomic mass is 9.51. The minimum absolute atomic E-state index is 0.0182. The summed E-state index contributed by atoms with van der Waals surface area (Å²) in [5, 5.41) is 3.07. The molecule has 5 heteroatoms. The van der Waals surface area contributed by atoms with Crippen LogP contribution in [-0.4, -0.2) is 39.9 Å². The van der Waals surface area contributed by atoms with Crippen LogP contribution in [0.4, 0.5) is 0 Å². The standard InChI is InChI=1S/C19H30N2O2S/c1-19(2,3)20-17(22)15-9-24-10-21(15)18(23)16-13-5-11-4-12(7-13)8-14(16)6-11/h11-16H,4-10H2,1-3H3,(H,20,22). The van der Waals surface area contributed by atoms with Gasteiger partial charge in [0.15, 0.2) is 0 Å². The molecule has 0 aromatic heterocycles. The van der Waals surface area contributed by atoms with Crippen LogP contribution in [0.25, 0.3) is 0 Å². The summed E-state index contributed by atoms with van der Waals surface area (Å²) in [6.45, 7) is 5.99. The van der Waals surface area contributed by atoms with Crippen molar-refractivity contribution in [3.63, 3.8) is 0 Å². The van der Waals surface area contributed by atoms with E-state index in [0.717, 1.165) is 17.6 Å². The van der Waals surface area contributed by atoms with Gasteiger partial charge in [-0.1, -0.05) is 0 Å². The molecule has 2 amide bonds. The number of amides is 2. The molecule has 24 heavy (non-hydrogen) atoms. The van der Waals surface area contributed by atoms with Gasteiger partial charge in [0, 0.05) is 17.2 Å². The maximum Gasteiger partial charge on any atom is 0.244 e. The molecule has 5 fully saturated rings. The second-order valence-electron chi connectivity index (χ2n) is 9.52. The van der Waals surface area contributed by atoms with Crippen LogP contribution in [0, 0.1) is 29.6 Å². The Labute approximate surface area is 149 Å². The van der Waals surface area contributed by atoms with Crippen LogP contribution in [0.5, 0.6) is 0 Å². The predicted octanol–water partition coefficient (Wildman–Crippen LogP) is 2.87. The Hall–Kier alpha value is -0.710. The van der Waals surface area contributed by atoms with Crippen LogP contribution >= 0.6 is 11.8 Å². The van der Waals surface area contributed by atoms with Gasteiger partial charge in [0.25, 0.3) is 0 Å². The number of nitrogens with one attached hydrogen (secondary N) is 1. The van der Waals surface area contributed by atoms with Crippen molar-refractivity contribution in [1.82, 2.24) is 10.2 Å². The van der Waals surface area contributed by atoms with E-state index in [0.29, 0.717) is 17.7 Å². The van der Waals surface area contributed by atoms with Crippen LogP contribution in [0.2, 0.25) is 0 Å². The first-order valence-electron chi connectivity index (χ1n) is 9.52. The number of thioether (sulfide) groups is 1. The zero-order valence-electron chi connectivity index (χ0n) is 15.1. The molecule has 1 N–H and O–H groups in total. The average molecular weight is 351 g/mol. The molecular formula is C19H30N2O2S. The van der Waals surface area contributed by atoms with E-state index >= 15 is 0 Å². The fourth-order valence-electron chi connectivity index (χ4n) is 5.85. The number of nitrogens with zero attached hydrogens (tertiary/aromatic N) is 1. The molecule has 5 aliphatic rings. The zero-order chi connectivity index (χ0) is 17.1. The number of hydrogen-bond acceptors (Lipinski definition) is 3. The van der Waals surface area contributed by atoms with E-state index in [2.05, 4.69) is 5.32 Å². The van der Waals surface area contributed by atoms with Crippen LogP contribution in [-0.2, 0) is 9.59 Å². The molecule has 1 unspecified atom stereocenters. The summed E-state index contributed by atoms with van der Waals surface area (Å²) in [7, 11) is 0. The number of carbonyl (C=O) groups excluding carboxylic acids is 2. The Bertz CT molecular complexity index is 514. The molecular weight excluding hydrogens is 320 g/mol. The molecule has 0 aromatic rings. The maximum absolute atomic E-state index is 13.3. The van der Waals surface area contributed by atoms with Gasteiger partial charge in [-0.05, 0) is 76.5 Å². The lowest BCUT2D eigenvalue weighted by molar-refractivity contribution is -0.152. The van der Waals surface area contributed by atoms with Crippen LogP contribution in [0.15, 0.2) is 0 Å². The van der Waals surface area contributed by atoms with E-state index in [1.807, 2.05) is 25.7 Å². The molecule has 0 aromatic carbocycles. The molecule has 4 aliphatic carbocycles. The molecule has 134 valence electrons. The Balaban J connectivity index is 1.48. The second-order valence-corrected chi connectivity index (χ2v) is 10.5. The minimum Gasteiger partial charge on any atom is -0.350 e. The van der Waals surface area contributed by atoms with Crippen LogP contribution in [0.3, 0.4) is 0 Å². The van der Waals surface area contributed by atoms with E-state index in [1.54, 1.807) is 11.8 Å². The average Bonchev–Trinajstić information content (AvgIpc) is 2.93. The fraction of sp³-hybridized carbons (Fsp3) is 0.895. The summed E-state index contributed by atoms with van der Waals surface area (Å²) in [6.07, 6.45) is 6.42. The second kappa shape index (κ2) is 5.93. The van der Waals surface area contributed by atoms with Gasteiger partial charge in [0.05, 0.1) is 5.88 Å². The van der Waals surface area contributed by atoms with Gasteiger partial charge in [0.1, 0.15) is 6.04 Å². The van der Waals surface area contributed by atoms with E-state index in [-0.39, 0.29) is 29.3 Å². The van der Waals surface area contributed by atoms with Crippen molar-refractivity contribution >= 4 is 23.6 Å². The van der Waals surface area contributed by atoms with Gasteiger partial charge in [-0.25, -0.2) is 0 Å². The Morgan fingerprint density at radius 3 is 2.12 bits per heavy atom. The van der Waals surface area contributed by atoms with Gasteiger partial charge < -0.3 is 10.2 Å². The highest BCUT2D eigenvalue weighted by atomic mass is 32.2. The highest BCUT2D eigenvalue weighted by molar-refractivity contribution is 7.99. The Morgan fingerprint density at radius 2 is 1.58 bits per heavy atom. The molecule has 4 bridgehead atoms. The Kier molecular flexibility index (Phi) is 4.13. The zero-order valence-corrected chi connectivity index (χ0v) is 15.9. The fourth-order valence-corrected chi connectivity index (χ4v) is 7.01. The van der Waals surface area contributed by atoms with Crippen molar-refractivity contribution in [2.24, 2.45) is 29.6 Å². The summed E-state index contributed by atoms with van der Waals surface area (Å²) in [4.78, 5) is 27.9. The van der Waals surface area contributed by atoms with E-state index in [9.17, 15) is 9.59 Å². The Morgan fingerprint density at radius 1 is 1.00 bits per heavy atom. The lowest BCUT2D eigenvalue weighted by Gasteiger charge is -2.54. The molecule has 1 heterocycles. The molecule has 1 atom stereocenters.